The first-order chi connectivity index (χ1) is 9.74. The fourth-order valence-electron chi connectivity index (χ4n) is 4.97. The number of piperidine rings is 2. The van der Waals surface area contributed by atoms with Gasteiger partial charge in [-0.1, -0.05) is 6.92 Å². The summed E-state index contributed by atoms with van der Waals surface area (Å²) in [6.07, 6.45) is 8.72. The van der Waals surface area contributed by atoms with Gasteiger partial charge in [0.25, 0.3) is 0 Å². The number of nitrogens with one attached hydrogen (secondary N) is 1. The van der Waals surface area contributed by atoms with Crippen LogP contribution < -0.4 is 5.32 Å². The van der Waals surface area contributed by atoms with E-state index in [1.807, 2.05) is 0 Å². The highest BCUT2D eigenvalue weighted by Crippen LogP contribution is 2.50. The van der Waals surface area contributed by atoms with E-state index in [4.69, 9.17) is 0 Å². The third-order valence-corrected chi connectivity index (χ3v) is 6.74. The molecule has 0 unspecified atom stereocenters. The van der Waals surface area contributed by atoms with Crippen LogP contribution in [0.25, 0.3) is 0 Å². The first-order valence-electron chi connectivity index (χ1n) is 8.93. The molecule has 4 fully saturated rings. The van der Waals surface area contributed by atoms with Gasteiger partial charge in [-0.15, -0.1) is 0 Å². The molecule has 3 heteroatoms. The minimum Gasteiger partial charge on any atom is -0.317 e. The van der Waals surface area contributed by atoms with Gasteiger partial charge in [-0.2, -0.15) is 0 Å². The Labute approximate surface area is 124 Å². The van der Waals surface area contributed by atoms with Crippen molar-refractivity contribution in [1.82, 2.24) is 15.1 Å². The lowest BCUT2D eigenvalue weighted by Crippen LogP contribution is -2.67. The number of hydrogen-bond acceptors (Lipinski definition) is 3. The van der Waals surface area contributed by atoms with Crippen LogP contribution >= 0.6 is 0 Å². The molecular formula is C17H31N3. The SMILES string of the molecule is CC1CCN(C2CN(C3CC4(CCNCC4)C3)C2)CC1. The highest BCUT2D eigenvalue weighted by Gasteiger charge is 2.49. The summed E-state index contributed by atoms with van der Waals surface area (Å²) < 4.78 is 0. The van der Waals surface area contributed by atoms with Crippen molar-refractivity contribution in [2.24, 2.45) is 11.3 Å². The molecule has 3 nitrogen and oxygen atoms in total. The molecule has 1 spiro atoms. The average Bonchev–Trinajstić information content (AvgIpc) is 2.38. The van der Waals surface area contributed by atoms with Gasteiger partial charge in [-0.05, 0) is 76.0 Å². The van der Waals surface area contributed by atoms with E-state index in [0.29, 0.717) is 0 Å². The minimum absolute atomic E-state index is 0.752. The molecule has 1 saturated carbocycles. The number of rotatable bonds is 2. The topological polar surface area (TPSA) is 18.5 Å². The number of nitrogens with zero attached hydrogens (tertiary/aromatic N) is 2. The molecule has 0 amide bonds. The quantitative estimate of drug-likeness (QED) is 0.832. The van der Waals surface area contributed by atoms with Crippen molar-refractivity contribution in [3.8, 4) is 0 Å². The van der Waals surface area contributed by atoms with E-state index in [1.54, 1.807) is 0 Å². The highest BCUT2D eigenvalue weighted by molar-refractivity contribution is 5.04. The molecule has 0 atom stereocenters. The first kappa shape index (κ1) is 13.5. The Morgan fingerprint density at radius 1 is 0.900 bits per heavy atom. The van der Waals surface area contributed by atoms with Gasteiger partial charge in [0.1, 0.15) is 0 Å². The molecule has 114 valence electrons. The van der Waals surface area contributed by atoms with E-state index in [-0.39, 0.29) is 0 Å². The maximum absolute atomic E-state index is 3.51. The molecule has 0 aromatic heterocycles. The molecule has 1 N–H and O–H groups in total. The first-order valence-corrected chi connectivity index (χ1v) is 8.93. The summed E-state index contributed by atoms with van der Waals surface area (Å²) in [4.78, 5) is 5.56. The molecule has 0 aromatic carbocycles. The van der Waals surface area contributed by atoms with Crippen molar-refractivity contribution in [3.05, 3.63) is 0 Å². The van der Waals surface area contributed by atoms with Gasteiger partial charge >= 0.3 is 0 Å². The third-order valence-electron chi connectivity index (χ3n) is 6.74. The molecule has 20 heavy (non-hydrogen) atoms. The lowest BCUT2D eigenvalue weighted by Gasteiger charge is -2.59. The summed E-state index contributed by atoms with van der Waals surface area (Å²) in [5.41, 5.74) is 0.752. The van der Waals surface area contributed by atoms with Gasteiger partial charge < -0.3 is 5.32 Å². The zero-order valence-electron chi connectivity index (χ0n) is 13.1. The van der Waals surface area contributed by atoms with Crippen LogP contribution in [-0.4, -0.2) is 61.2 Å². The minimum atomic E-state index is 0.752. The molecule has 0 radical (unpaired) electrons. The van der Waals surface area contributed by atoms with Crippen LogP contribution in [0.2, 0.25) is 0 Å². The van der Waals surface area contributed by atoms with E-state index in [1.165, 1.54) is 77.8 Å². The smallest absolute Gasteiger partial charge is 0.0350 e. The standard InChI is InChI=1S/C17H31N3/c1-14-2-8-19(9-3-14)16-12-20(13-16)15-10-17(11-15)4-6-18-7-5-17/h14-16,18H,2-13H2,1H3. The van der Waals surface area contributed by atoms with Crippen LogP contribution in [0.15, 0.2) is 0 Å². The van der Waals surface area contributed by atoms with Crippen LogP contribution in [0.4, 0.5) is 0 Å². The second-order valence-electron chi connectivity index (χ2n) is 8.14. The molecule has 3 heterocycles. The summed E-state index contributed by atoms with van der Waals surface area (Å²) in [6.45, 7) is 10.4. The largest absolute Gasteiger partial charge is 0.317 e. The second-order valence-corrected chi connectivity index (χ2v) is 8.14. The zero-order chi connectivity index (χ0) is 13.6. The Morgan fingerprint density at radius 3 is 2.20 bits per heavy atom. The van der Waals surface area contributed by atoms with E-state index >= 15 is 0 Å². The molecule has 3 aliphatic heterocycles. The summed E-state index contributed by atoms with van der Waals surface area (Å²) >= 11 is 0. The molecule has 1 aliphatic carbocycles. The predicted molar refractivity (Wildman–Crippen MR) is 82.9 cm³/mol. The monoisotopic (exact) mass is 277 g/mol. The van der Waals surface area contributed by atoms with Crippen LogP contribution in [0, 0.1) is 11.3 Å². The summed E-state index contributed by atoms with van der Waals surface area (Å²) in [7, 11) is 0. The van der Waals surface area contributed by atoms with Gasteiger partial charge in [0.05, 0.1) is 0 Å². The molecule has 0 bridgehead atoms. The van der Waals surface area contributed by atoms with Crippen molar-refractivity contribution in [1.29, 1.82) is 0 Å². The van der Waals surface area contributed by atoms with Gasteiger partial charge in [0.2, 0.25) is 0 Å². The van der Waals surface area contributed by atoms with Gasteiger partial charge in [-0.3, -0.25) is 9.80 Å². The van der Waals surface area contributed by atoms with Crippen molar-refractivity contribution >= 4 is 0 Å². The van der Waals surface area contributed by atoms with Crippen LogP contribution in [-0.2, 0) is 0 Å². The number of likely N-dealkylation sites (tertiary alicyclic amines) is 2. The third kappa shape index (κ3) is 2.42. The normalized spacial score (nSPS) is 34.0. The summed E-state index contributed by atoms with van der Waals surface area (Å²) in [5, 5.41) is 3.51. The van der Waals surface area contributed by atoms with Crippen molar-refractivity contribution in [2.75, 3.05) is 39.3 Å². The van der Waals surface area contributed by atoms with Gasteiger partial charge in [0, 0.05) is 25.2 Å². The lowest BCUT2D eigenvalue weighted by molar-refractivity contribution is -0.0832. The van der Waals surface area contributed by atoms with E-state index in [9.17, 15) is 0 Å². The fourth-order valence-corrected chi connectivity index (χ4v) is 4.97. The Kier molecular flexibility index (Phi) is 3.56. The van der Waals surface area contributed by atoms with E-state index in [0.717, 1.165) is 23.4 Å². The van der Waals surface area contributed by atoms with Crippen molar-refractivity contribution < 1.29 is 0 Å². The summed E-state index contributed by atoms with van der Waals surface area (Å²) in [6, 6.07) is 1.83. The lowest BCUT2D eigenvalue weighted by atomic mass is 9.60. The van der Waals surface area contributed by atoms with E-state index in [2.05, 4.69) is 22.0 Å². The number of hydrogen-bond donors (Lipinski definition) is 1. The maximum atomic E-state index is 3.51. The molecule has 0 aromatic rings. The van der Waals surface area contributed by atoms with Gasteiger partial charge in [0.15, 0.2) is 0 Å². The van der Waals surface area contributed by atoms with Crippen molar-refractivity contribution in [3.63, 3.8) is 0 Å². The maximum Gasteiger partial charge on any atom is 0.0350 e. The predicted octanol–water partition coefficient (Wildman–Crippen LogP) is 1.93. The average molecular weight is 277 g/mol. The van der Waals surface area contributed by atoms with Crippen molar-refractivity contribution in [2.45, 2.75) is 57.5 Å². The Balaban J connectivity index is 1.21. The fraction of sp³-hybridized carbons (Fsp3) is 1.00. The van der Waals surface area contributed by atoms with Crippen LogP contribution in [0.5, 0.6) is 0 Å². The van der Waals surface area contributed by atoms with Crippen LogP contribution in [0.3, 0.4) is 0 Å². The Bertz CT molecular complexity index is 328. The molecular weight excluding hydrogens is 246 g/mol. The highest BCUT2D eigenvalue weighted by atomic mass is 15.3. The molecule has 3 saturated heterocycles. The molecule has 4 rings (SSSR count). The Hall–Kier alpha value is -0.120. The second kappa shape index (κ2) is 5.26. The van der Waals surface area contributed by atoms with E-state index < -0.39 is 0 Å². The van der Waals surface area contributed by atoms with Gasteiger partial charge in [-0.25, -0.2) is 0 Å². The Morgan fingerprint density at radius 2 is 1.55 bits per heavy atom. The zero-order valence-corrected chi connectivity index (χ0v) is 13.1. The molecule has 4 aliphatic rings. The van der Waals surface area contributed by atoms with Crippen LogP contribution in [0.1, 0.15) is 45.4 Å². The summed E-state index contributed by atoms with van der Waals surface area (Å²) in [5.74, 6) is 0.967.